The Balaban J connectivity index is 1.64. The van der Waals surface area contributed by atoms with Crippen LogP contribution in [0.1, 0.15) is 56.2 Å². The third-order valence-electron chi connectivity index (χ3n) is 4.75. The van der Waals surface area contributed by atoms with Crippen LogP contribution in [0.4, 0.5) is 4.39 Å². The number of fused-ring (bicyclic) bond motifs is 1. The Hall–Kier alpha value is -1.64. The van der Waals surface area contributed by atoms with Crippen molar-refractivity contribution in [3.63, 3.8) is 0 Å². The molecule has 1 atom stereocenters. The summed E-state index contributed by atoms with van der Waals surface area (Å²) in [5, 5.41) is 3.04. The van der Waals surface area contributed by atoms with E-state index in [-0.39, 0.29) is 17.8 Å². The number of hydrogen-bond donors (Lipinski definition) is 1. The van der Waals surface area contributed by atoms with E-state index in [1.165, 1.54) is 24.5 Å². The van der Waals surface area contributed by atoms with Gasteiger partial charge in [-0.3, -0.25) is 4.79 Å². The van der Waals surface area contributed by atoms with Crippen molar-refractivity contribution in [2.45, 2.75) is 51.5 Å². The average molecular weight is 287 g/mol. The van der Waals surface area contributed by atoms with Gasteiger partial charge in [0.1, 0.15) is 5.82 Å². The summed E-state index contributed by atoms with van der Waals surface area (Å²) < 4.78 is 13.4. The minimum atomic E-state index is -0.227. The number of rotatable bonds is 2. The second kappa shape index (κ2) is 6.00. The van der Waals surface area contributed by atoms with Gasteiger partial charge in [-0.1, -0.05) is 18.6 Å². The van der Waals surface area contributed by atoms with Crippen LogP contribution >= 0.6 is 0 Å². The largest absolute Gasteiger partial charge is 0.346 e. The summed E-state index contributed by atoms with van der Waals surface area (Å²) in [6.07, 6.45) is 7.96. The monoisotopic (exact) mass is 287 g/mol. The highest BCUT2D eigenvalue weighted by Gasteiger charge is 2.24. The van der Waals surface area contributed by atoms with Crippen molar-refractivity contribution in [3.05, 3.63) is 46.8 Å². The molecule has 0 aliphatic heterocycles. The number of hydrogen-bond acceptors (Lipinski definition) is 1. The van der Waals surface area contributed by atoms with Crippen molar-refractivity contribution >= 4 is 5.91 Å². The molecule has 0 heterocycles. The van der Waals surface area contributed by atoms with Crippen LogP contribution in [0, 0.1) is 11.7 Å². The van der Waals surface area contributed by atoms with Gasteiger partial charge in [-0.2, -0.15) is 0 Å². The molecule has 1 fully saturated rings. The first-order chi connectivity index (χ1) is 10.1. The molecule has 1 aromatic carbocycles. The number of benzene rings is 1. The van der Waals surface area contributed by atoms with E-state index in [9.17, 15) is 9.18 Å². The van der Waals surface area contributed by atoms with Gasteiger partial charge in [0, 0.05) is 6.08 Å². The summed E-state index contributed by atoms with van der Waals surface area (Å²) in [5.41, 5.74) is 3.35. The first-order valence-electron chi connectivity index (χ1n) is 7.90. The second-order valence-corrected chi connectivity index (χ2v) is 6.43. The van der Waals surface area contributed by atoms with E-state index < -0.39 is 0 Å². The Morgan fingerprint density at radius 3 is 2.76 bits per heavy atom. The Morgan fingerprint density at radius 1 is 1.24 bits per heavy atom. The van der Waals surface area contributed by atoms with Crippen LogP contribution in [-0.4, -0.2) is 5.91 Å². The third kappa shape index (κ3) is 3.34. The number of carbonyl (C=O) groups is 1. The molecule has 3 rings (SSSR count). The third-order valence-corrected chi connectivity index (χ3v) is 4.75. The van der Waals surface area contributed by atoms with Gasteiger partial charge in [0.25, 0.3) is 0 Å². The Labute approximate surface area is 125 Å². The van der Waals surface area contributed by atoms with Gasteiger partial charge in [-0.05, 0) is 67.7 Å². The summed E-state index contributed by atoms with van der Waals surface area (Å²) in [7, 11) is 0. The molecule has 0 spiro atoms. The predicted octanol–water partition coefficient (Wildman–Crippen LogP) is 4.07. The fourth-order valence-corrected chi connectivity index (χ4v) is 3.40. The Kier molecular flexibility index (Phi) is 4.09. The van der Waals surface area contributed by atoms with E-state index in [0.29, 0.717) is 0 Å². The fraction of sp³-hybridized carbons (Fsp3) is 0.500. The summed E-state index contributed by atoms with van der Waals surface area (Å²) >= 11 is 0. The van der Waals surface area contributed by atoms with E-state index in [1.807, 2.05) is 6.07 Å². The van der Waals surface area contributed by atoms with Gasteiger partial charge < -0.3 is 5.32 Å². The lowest BCUT2D eigenvalue weighted by Crippen LogP contribution is -2.26. The molecular weight excluding hydrogens is 265 g/mol. The maximum atomic E-state index is 13.4. The first-order valence-corrected chi connectivity index (χ1v) is 7.90. The Bertz CT molecular complexity index is 569. The van der Waals surface area contributed by atoms with Crippen molar-refractivity contribution in [3.8, 4) is 0 Å². The van der Waals surface area contributed by atoms with Gasteiger partial charge in [0.05, 0.1) is 6.04 Å². The molecule has 1 N–H and O–H groups in total. The highest BCUT2D eigenvalue weighted by atomic mass is 19.1. The van der Waals surface area contributed by atoms with Crippen LogP contribution in [0.2, 0.25) is 0 Å². The van der Waals surface area contributed by atoms with Gasteiger partial charge in [-0.15, -0.1) is 0 Å². The first kappa shape index (κ1) is 14.3. The van der Waals surface area contributed by atoms with Gasteiger partial charge in [0.15, 0.2) is 0 Å². The highest BCUT2D eigenvalue weighted by molar-refractivity contribution is 5.88. The van der Waals surface area contributed by atoms with E-state index in [2.05, 4.69) is 12.2 Å². The molecule has 1 saturated carbocycles. The van der Waals surface area contributed by atoms with E-state index in [0.717, 1.165) is 42.7 Å². The zero-order valence-corrected chi connectivity index (χ0v) is 12.5. The van der Waals surface area contributed by atoms with Crippen molar-refractivity contribution in [1.29, 1.82) is 0 Å². The lowest BCUT2D eigenvalue weighted by atomic mass is 9.87. The highest BCUT2D eigenvalue weighted by Crippen LogP contribution is 2.32. The molecule has 0 bridgehead atoms. The number of amides is 1. The van der Waals surface area contributed by atoms with Crippen LogP contribution in [0.3, 0.4) is 0 Å². The van der Waals surface area contributed by atoms with Crippen LogP contribution in [0.25, 0.3) is 0 Å². The molecule has 0 radical (unpaired) electrons. The molecule has 1 unspecified atom stereocenters. The maximum Gasteiger partial charge on any atom is 0.244 e. The predicted molar refractivity (Wildman–Crippen MR) is 81.3 cm³/mol. The van der Waals surface area contributed by atoms with Crippen LogP contribution in [-0.2, 0) is 11.2 Å². The zero-order chi connectivity index (χ0) is 14.8. The van der Waals surface area contributed by atoms with Gasteiger partial charge >= 0.3 is 0 Å². The standard InChI is InChI=1S/C18H22FNO/c1-12-2-4-13(5-3-12)10-18(21)20-17-9-7-14-6-8-15(19)11-16(14)17/h6,8,10-12,17H,2-5,7,9H2,1H3,(H,20,21). The smallest absolute Gasteiger partial charge is 0.244 e. The number of aryl methyl sites for hydroxylation is 1. The molecule has 3 heteroatoms. The van der Waals surface area contributed by atoms with Crippen molar-refractivity contribution < 1.29 is 9.18 Å². The number of carbonyl (C=O) groups excluding carboxylic acids is 1. The Morgan fingerprint density at radius 2 is 2.00 bits per heavy atom. The van der Waals surface area contributed by atoms with Crippen LogP contribution in [0.5, 0.6) is 0 Å². The molecule has 0 saturated heterocycles. The van der Waals surface area contributed by atoms with E-state index in [1.54, 1.807) is 12.1 Å². The summed E-state index contributed by atoms with van der Waals surface area (Å²) in [4.78, 5) is 12.2. The molecule has 21 heavy (non-hydrogen) atoms. The maximum absolute atomic E-state index is 13.4. The molecule has 2 nitrogen and oxygen atoms in total. The quantitative estimate of drug-likeness (QED) is 0.816. The number of halogens is 1. The topological polar surface area (TPSA) is 29.1 Å². The second-order valence-electron chi connectivity index (χ2n) is 6.43. The van der Waals surface area contributed by atoms with Crippen molar-refractivity contribution in [2.24, 2.45) is 5.92 Å². The molecule has 112 valence electrons. The summed E-state index contributed by atoms with van der Waals surface area (Å²) in [6, 6.07) is 4.84. The van der Waals surface area contributed by atoms with Gasteiger partial charge in [-0.25, -0.2) is 4.39 Å². The number of allylic oxidation sites excluding steroid dienone is 1. The van der Waals surface area contributed by atoms with Crippen molar-refractivity contribution in [2.75, 3.05) is 0 Å². The molecule has 0 aromatic heterocycles. The summed E-state index contributed by atoms with van der Waals surface area (Å²) in [6.45, 7) is 2.26. The fourth-order valence-electron chi connectivity index (χ4n) is 3.40. The van der Waals surface area contributed by atoms with Crippen molar-refractivity contribution in [1.82, 2.24) is 5.32 Å². The summed E-state index contributed by atoms with van der Waals surface area (Å²) in [5.74, 6) is 0.520. The molecular formula is C18H22FNO. The minimum absolute atomic E-state index is 0.0262. The van der Waals surface area contributed by atoms with Crippen LogP contribution in [0.15, 0.2) is 29.8 Å². The molecule has 1 aromatic rings. The van der Waals surface area contributed by atoms with E-state index in [4.69, 9.17) is 0 Å². The molecule has 2 aliphatic rings. The van der Waals surface area contributed by atoms with E-state index >= 15 is 0 Å². The minimum Gasteiger partial charge on any atom is -0.346 e. The molecule has 1 amide bonds. The van der Waals surface area contributed by atoms with Gasteiger partial charge in [0.2, 0.25) is 5.91 Å². The zero-order valence-electron chi connectivity index (χ0n) is 12.5. The molecule has 2 aliphatic carbocycles. The number of nitrogens with one attached hydrogen (secondary N) is 1. The average Bonchev–Trinajstić information content (AvgIpc) is 2.84. The lowest BCUT2D eigenvalue weighted by Gasteiger charge is -2.20. The SMILES string of the molecule is CC1CCC(=CC(=O)NC2CCc3ccc(F)cc32)CC1. The normalized spacial score (nSPS) is 24.6. The van der Waals surface area contributed by atoms with Crippen LogP contribution < -0.4 is 5.32 Å². The lowest BCUT2D eigenvalue weighted by molar-refractivity contribution is -0.117.